The third kappa shape index (κ3) is 19.4. The molecule has 0 saturated carbocycles. The van der Waals surface area contributed by atoms with Crippen molar-refractivity contribution >= 4 is 138 Å². The van der Waals surface area contributed by atoms with Gasteiger partial charge in [-0.15, -0.1) is 0 Å². The number of pyridine rings is 4. The molecule has 0 aliphatic carbocycles. The van der Waals surface area contributed by atoms with Gasteiger partial charge < -0.3 is 22.6 Å². The van der Waals surface area contributed by atoms with Crippen LogP contribution < -0.4 is 154 Å². The van der Waals surface area contributed by atoms with E-state index in [1.807, 2.05) is 56.4 Å². The van der Waals surface area contributed by atoms with E-state index in [0.717, 1.165) is 91.2 Å². The van der Waals surface area contributed by atoms with Gasteiger partial charge in [-0.3, -0.25) is 19.2 Å². The number of carbonyl (C=O) groups is 1. The summed E-state index contributed by atoms with van der Waals surface area (Å²) in [6.07, 6.45) is 4.79. The topological polar surface area (TPSA) is 143 Å². The molecule has 0 saturated heterocycles. The number of para-hydroxylation sites is 2. The van der Waals surface area contributed by atoms with Crippen LogP contribution in [0.1, 0.15) is 71.4 Å². The van der Waals surface area contributed by atoms with Crippen molar-refractivity contribution in [3.8, 4) is 22.3 Å². The Morgan fingerprint density at radius 1 is 0.625 bits per heavy atom. The monoisotopic (exact) mass is 1690 g/mol. The summed E-state index contributed by atoms with van der Waals surface area (Å²) in [4.78, 5) is 30.7. The predicted molar refractivity (Wildman–Crippen MR) is 347 cm³/mol. The third-order valence-electron chi connectivity index (χ3n) is 12.6. The standard InChI is InChI=1S/C29H25N3.C23H23N3.C6H4I2.C5H13N.CH2O3.2Cs.Cu.HI.H/c1-18(2)17-20-12-14-21(15-13-20)22-7-6-10-26-27(22)28-23(16-11-19(3)30-28)29-31-24-8-4-5-9-25(24)32(26)29;1-14(2)13-16-8-10-17(11-9-16)18-5-4-6-20-21(18)22-19(23(24)26-20)12-7-15(3)25-22;7-5-3-1-2-4-6(5)8;1-3-4-5-6-2;2-1-4-3;;;;;/h4-16,18H,17H2,1-3H3;4-12,14H,13H2,1-3H3,(H2,24,26);1-4H;6H,3-5H2,1-2H3;1,3H;;;;1H;/q;;;;;3*+1;;-1/p-2. The van der Waals surface area contributed by atoms with Gasteiger partial charge in [0.1, 0.15) is 11.5 Å². The summed E-state index contributed by atoms with van der Waals surface area (Å²) in [5, 5.41) is 15.7. The van der Waals surface area contributed by atoms with Crippen LogP contribution in [-0.4, -0.2) is 44.4 Å². The van der Waals surface area contributed by atoms with Crippen molar-refractivity contribution in [3.63, 3.8) is 0 Å². The number of aromatic nitrogens is 5. The molecule has 0 aliphatic heterocycles. The fraction of sp³-hybridized carbons (Fsp3) is 0.234. The predicted octanol–water partition coefficient (Wildman–Crippen LogP) is 10.2. The molecule has 0 unspecified atom stereocenters. The molecule has 0 aliphatic rings. The molecule has 0 spiro atoms. The van der Waals surface area contributed by atoms with Gasteiger partial charge in [0.2, 0.25) is 0 Å². The minimum absolute atomic E-state index is 0. The molecule has 0 radical (unpaired) electrons. The number of carbonyl (C=O) groups excluding carboxylic acids is 1. The van der Waals surface area contributed by atoms with Crippen molar-refractivity contribution < 1.29 is 167 Å². The molecule has 0 atom stereocenters. The van der Waals surface area contributed by atoms with Crippen molar-refractivity contribution in [1.82, 2.24) is 29.7 Å². The van der Waals surface area contributed by atoms with Crippen molar-refractivity contribution in [3.05, 3.63) is 187 Å². The zero-order valence-electron chi connectivity index (χ0n) is 48.3. The third-order valence-corrected chi connectivity index (χ3v) is 15.6. The molecule has 5 heterocycles. The number of hydrogen-bond acceptors (Lipinski definition) is 9. The van der Waals surface area contributed by atoms with Crippen LogP contribution in [0.2, 0.25) is 0 Å². The van der Waals surface area contributed by atoms with E-state index < -0.39 is 0 Å². The van der Waals surface area contributed by atoms with E-state index in [4.69, 9.17) is 30.7 Å². The molecule has 410 valence electrons. The number of halogens is 3. The summed E-state index contributed by atoms with van der Waals surface area (Å²) in [5.74, 6) is 1.84. The zero-order chi connectivity index (χ0) is 56.3. The number of hydrogen-bond donors (Lipinski definition) is 2. The largest absolute Gasteiger partial charge is 1.00 e. The number of anilines is 1. The fourth-order valence-corrected chi connectivity index (χ4v) is 10.0. The van der Waals surface area contributed by atoms with Crippen molar-refractivity contribution in [1.29, 1.82) is 0 Å². The van der Waals surface area contributed by atoms with E-state index in [9.17, 15) is 0 Å². The minimum Gasteiger partial charge on any atom is -1.00 e. The van der Waals surface area contributed by atoms with E-state index in [1.54, 1.807) is 20.3 Å². The zero-order valence-corrected chi connectivity index (χ0v) is 67.2. The van der Waals surface area contributed by atoms with Gasteiger partial charge in [-0.05, 0) is 198 Å². The summed E-state index contributed by atoms with van der Waals surface area (Å²) in [6.45, 7) is 16.3. The summed E-state index contributed by atoms with van der Waals surface area (Å²) in [6, 6.07) is 55.5. The maximum atomic E-state index is 8.64. The number of unbranched alkanes of at least 4 members (excludes halogenated alkanes) is 1. The van der Waals surface area contributed by atoms with Gasteiger partial charge in [0.25, 0.3) is 6.47 Å². The number of nitrogen functional groups attached to an aromatic ring is 1. The smallest absolute Gasteiger partial charge is 1.00 e. The molecule has 6 aromatic carbocycles. The van der Waals surface area contributed by atoms with Gasteiger partial charge in [0.15, 0.2) is 0 Å². The van der Waals surface area contributed by atoms with E-state index in [0.29, 0.717) is 17.7 Å². The average Bonchev–Trinajstić information content (AvgIpc) is 4.00. The maximum Gasteiger partial charge on any atom is -1.00 e. The van der Waals surface area contributed by atoms with Crippen LogP contribution in [0.25, 0.3) is 82.5 Å². The second-order valence-electron chi connectivity index (χ2n) is 19.5. The number of aryl methyl sites for hydroxylation is 2. The molecule has 0 fully saturated rings. The molecule has 80 heavy (non-hydrogen) atoms. The van der Waals surface area contributed by atoms with Crippen LogP contribution in [0, 0.1) is 32.8 Å². The Bertz CT molecular complexity index is 3720. The first-order valence-electron chi connectivity index (χ1n) is 25.9. The van der Waals surface area contributed by atoms with E-state index in [1.165, 1.54) is 53.2 Å². The number of nitrogens with one attached hydrogen (secondary N) is 1. The Labute approximate surface area is 637 Å². The molecule has 3 N–H and O–H groups in total. The number of imidazole rings is 1. The van der Waals surface area contributed by atoms with Crippen molar-refractivity contribution in [2.45, 2.75) is 74.1 Å². The molecular weight excluding hydrogens is 1620 g/mol. The first-order valence-corrected chi connectivity index (χ1v) is 31.1. The maximum absolute atomic E-state index is 8.64. The fourth-order valence-electron chi connectivity index (χ4n) is 9.24. The molecule has 0 bridgehead atoms. The Balaban J connectivity index is 0.000000313. The Morgan fingerprint density at radius 2 is 1.09 bits per heavy atom. The van der Waals surface area contributed by atoms with Gasteiger partial charge >= 0.3 is 171 Å². The van der Waals surface area contributed by atoms with Crippen LogP contribution in [0.15, 0.2) is 158 Å². The van der Waals surface area contributed by atoms with Crippen LogP contribution in [-0.2, 0) is 35.3 Å². The first-order chi connectivity index (χ1) is 37.8. The minimum atomic E-state index is -0.181. The van der Waals surface area contributed by atoms with Crippen molar-refractivity contribution in [2.75, 3.05) is 19.3 Å². The summed E-state index contributed by atoms with van der Waals surface area (Å²) >= 11 is 10.5. The van der Waals surface area contributed by atoms with Crippen LogP contribution in [0.3, 0.4) is 0 Å². The summed E-state index contributed by atoms with van der Waals surface area (Å²) in [7, 11) is 1.98. The van der Waals surface area contributed by atoms with Crippen molar-refractivity contribution in [2.24, 2.45) is 11.8 Å². The van der Waals surface area contributed by atoms with E-state index >= 15 is 0 Å². The van der Waals surface area contributed by atoms with Crippen LogP contribution in [0.5, 0.6) is 0 Å². The van der Waals surface area contributed by atoms with Crippen LogP contribution >= 0.6 is 65.5 Å². The Morgan fingerprint density at radius 3 is 1.57 bits per heavy atom. The second-order valence-corrected chi connectivity index (χ2v) is 21.8. The van der Waals surface area contributed by atoms with Gasteiger partial charge in [0.05, 0.1) is 33.1 Å². The molecule has 11 rings (SSSR count). The Kier molecular flexibility index (Phi) is 32.7. The first kappa shape index (κ1) is 71.2. The Hall–Kier alpha value is -1.24. The normalized spacial score (nSPS) is 10.5. The van der Waals surface area contributed by atoms with Gasteiger partial charge in [0, 0.05) is 40.1 Å². The van der Waals surface area contributed by atoms with Gasteiger partial charge in [-0.1, -0.05) is 138 Å². The van der Waals surface area contributed by atoms with Gasteiger partial charge in [-0.2, -0.15) is 0 Å². The van der Waals surface area contributed by atoms with E-state index in [2.05, 4.69) is 234 Å². The quantitative estimate of drug-likeness (QED) is 0.0260. The molecular formula is C64H67Cs2CuI3N7O3. The average molecular weight is 1690 g/mol. The number of nitrogens with two attached hydrogens (primary N) is 1. The number of benzene rings is 6. The molecule has 5 aromatic heterocycles. The molecule has 16 heteroatoms. The van der Waals surface area contributed by atoms with Crippen LogP contribution in [0.4, 0.5) is 5.82 Å². The number of nitrogens with zero attached hydrogens (tertiary/aromatic N) is 5. The molecule has 0 amide bonds. The summed E-state index contributed by atoms with van der Waals surface area (Å²) in [5.41, 5.74) is 22.7. The van der Waals surface area contributed by atoms with E-state index in [-0.39, 0.29) is 146 Å². The molecule has 11 aromatic rings. The SMILES string of the molecule is CCCCNC.Cc1ccc2c(N)nc3cccc(-c4ccc(CC(C)C)cc4)c3c2n1.Cc1ccc2c(n1)c1c(-c3ccc(CC(C)C)cc3)cccc1n1c3ccccc3nc21.Ic1ccccc1I.O=CO[O-].[Cs+].[Cs+].[Cu][I].[H-]. The number of rotatable bonds is 10. The second kappa shape index (κ2) is 36.7. The molecule has 10 nitrogen and oxygen atoms in total. The van der Waals surface area contributed by atoms with Gasteiger partial charge in [-0.25, -0.2) is 9.97 Å². The summed E-state index contributed by atoms with van der Waals surface area (Å²) < 4.78 is 4.94. The number of fused-ring (bicyclic) bond motifs is 11.